The summed E-state index contributed by atoms with van der Waals surface area (Å²) in [5.41, 5.74) is 0.981. The van der Waals surface area contributed by atoms with Crippen molar-refractivity contribution in [2.75, 3.05) is 13.1 Å². The number of halogens is 1. The lowest BCUT2D eigenvalue weighted by molar-refractivity contribution is 0.194. The van der Waals surface area contributed by atoms with Crippen molar-refractivity contribution in [3.63, 3.8) is 0 Å². The zero-order chi connectivity index (χ0) is 15.5. The van der Waals surface area contributed by atoms with Gasteiger partial charge in [0.25, 0.3) is 0 Å². The lowest BCUT2D eigenvalue weighted by Gasteiger charge is -2.08. The molecule has 0 bridgehead atoms. The van der Waals surface area contributed by atoms with Crippen LogP contribution in [0.25, 0.3) is 0 Å². The number of urea groups is 1. The van der Waals surface area contributed by atoms with Crippen LogP contribution in [0.4, 0.5) is 9.59 Å². The molecule has 0 saturated heterocycles. The predicted octanol–water partition coefficient (Wildman–Crippen LogP) is 2.58. The minimum absolute atomic E-state index is 0.214. The summed E-state index contributed by atoms with van der Waals surface area (Å²) in [4.78, 5) is 21.7. The summed E-state index contributed by atoms with van der Waals surface area (Å²) < 4.78 is 0. The molecule has 0 fully saturated rings. The van der Waals surface area contributed by atoms with E-state index in [4.69, 9.17) is 16.7 Å². The fourth-order valence-electron chi connectivity index (χ4n) is 1.67. The summed E-state index contributed by atoms with van der Waals surface area (Å²) in [5.74, 6) is 0. The van der Waals surface area contributed by atoms with Crippen LogP contribution in [0.2, 0.25) is 5.02 Å². The molecular weight excluding hydrogens is 294 g/mol. The van der Waals surface area contributed by atoms with Crippen molar-refractivity contribution in [3.05, 3.63) is 34.9 Å². The summed E-state index contributed by atoms with van der Waals surface area (Å²) in [6.45, 7) is 1.46. The number of rotatable bonds is 8. The van der Waals surface area contributed by atoms with Gasteiger partial charge in [0.15, 0.2) is 0 Å². The molecule has 0 aliphatic carbocycles. The second kappa shape index (κ2) is 9.88. The summed E-state index contributed by atoms with van der Waals surface area (Å²) >= 11 is 5.78. The van der Waals surface area contributed by atoms with Crippen LogP contribution in [0.15, 0.2) is 24.3 Å². The van der Waals surface area contributed by atoms with Crippen molar-refractivity contribution in [2.24, 2.45) is 0 Å². The first-order chi connectivity index (χ1) is 10.1. The number of carbonyl (C=O) groups is 2. The largest absolute Gasteiger partial charge is 0.465 e. The third-order valence-electron chi connectivity index (χ3n) is 2.78. The van der Waals surface area contributed by atoms with E-state index in [1.165, 1.54) is 0 Å². The van der Waals surface area contributed by atoms with Gasteiger partial charge in [0, 0.05) is 24.7 Å². The van der Waals surface area contributed by atoms with Gasteiger partial charge in [-0.3, -0.25) is 0 Å². The maximum Gasteiger partial charge on any atom is 0.404 e. The second-order valence-corrected chi connectivity index (χ2v) is 4.96. The van der Waals surface area contributed by atoms with Crippen LogP contribution in [0.5, 0.6) is 0 Å². The molecule has 7 heteroatoms. The van der Waals surface area contributed by atoms with Crippen LogP contribution < -0.4 is 16.0 Å². The lowest BCUT2D eigenvalue weighted by Crippen LogP contribution is -2.35. The number of carboxylic acid groups (broad SMARTS) is 1. The fraction of sp³-hybridized carbons (Fsp3) is 0.429. The highest BCUT2D eigenvalue weighted by Gasteiger charge is 2.00. The molecule has 21 heavy (non-hydrogen) atoms. The van der Waals surface area contributed by atoms with Crippen LogP contribution >= 0.6 is 11.6 Å². The standard InChI is InChI=1S/C14H20ClN3O3/c15-12-6-4-11(5-7-12)10-18-13(19)16-8-2-1-3-9-17-14(20)21/h4-7,17H,1-3,8-10H2,(H,20,21)(H2,16,18,19). The Morgan fingerprint density at radius 1 is 0.952 bits per heavy atom. The molecule has 0 aliphatic heterocycles. The van der Waals surface area contributed by atoms with E-state index >= 15 is 0 Å². The van der Waals surface area contributed by atoms with Gasteiger partial charge >= 0.3 is 12.1 Å². The van der Waals surface area contributed by atoms with Crippen molar-refractivity contribution in [2.45, 2.75) is 25.8 Å². The highest BCUT2D eigenvalue weighted by Crippen LogP contribution is 2.08. The smallest absolute Gasteiger partial charge is 0.404 e. The number of nitrogens with one attached hydrogen (secondary N) is 3. The molecule has 0 radical (unpaired) electrons. The Kier molecular flexibility index (Phi) is 8.04. The first-order valence-electron chi connectivity index (χ1n) is 6.81. The summed E-state index contributed by atoms with van der Waals surface area (Å²) in [6, 6.07) is 7.06. The maximum atomic E-state index is 11.5. The molecule has 6 nitrogen and oxygen atoms in total. The van der Waals surface area contributed by atoms with Gasteiger partial charge in [0.1, 0.15) is 0 Å². The van der Waals surface area contributed by atoms with E-state index in [1.54, 1.807) is 12.1 Å². The molecule has 0 aliphatic rings. The van der Waals surface area contributed by atoms with Crippen molar-refractivity contribution >= 4 is 23.7 Å². The first kappa shape index (κ1) is 17.1. The molecule has 0 heterocycles. The van der Waals surface area contributed by atoms with E-state index in [-0.39, 0.29) is 6.03 Å². The predicted molar refractivity (Wildman–Crippen MR) is 81.6 cm³/mol. The zero-order valence-electron chi connectivity index (χ0n) is 11.7. The van der Waals surface area contributed by atoms with E-state index in [0.717, 1.165) is 24.8 Å². The van der Waals surface area contributed by atoms with Crippen LogP contribution in [-0.2, 0) is 6.54 Å². The van der Waals surface area contributed by atoms with E-state index < -0.39 is 6.09 Å². The third kappa shape index (κ3) is 8.75. The number of carbonyl (C=O) groups excluding carboxylic acids is 1. The van der Waals surface area contributed by atoms with Gasteiger partial charge in [0.2, 0.25) is 0 Å². The lowest BCUT2D eigenvalue weighted by atomic mass is 10.2. The van der Waals surface area contributed by atoms with Crippen molar-refractivity contribution in [3.8, 4) is 0 Å². The Balaban J connectivity index is 2.01. The average molecular weight is 314 g/mol. The summed E-state index contributed by atoms with van der Waals surface area (Å²) in [6.07, 6.45) is 1.43. The Bertz CT molecular complexity index is 451. The van der Waals surface area contributed by atoms with E-state index in [2.05, 4.69) is 16.0 Å². The normalized spacial score (nSPS) is 9.95. The molecule has 4 N–H and O–H groups in total. The Morgan fingerprint density at radius 2 is 1.57 bits per heavy atom. The van der Waals surface area contributed by atoms with Crippen LogP contribution in [-0.4, -0.2) is 30.3 Å². The molecule has 1 aromatic rings. The Morgan fingerprint density at radius 3 is 2.19 bits per heavy atom. The molecule has 3 amide bonds. The van der Waals surface area contributed by atoms with Gasteiger partial charge in [-0.1, -0.05) is 23.7 Å². The van der Waals surface area contributed by atoms with Gasteiger partial charge in [-0.25, -0.2) is 9.59 Å². The number of hydrogen-bond donors (Lipinski definition) is 4. The summed E-state index contributed by atoms with van der Waals surface area (Å²) in [7, 11) is 0. The number of unbranched alkanes of at least 4 members (excludes halogenated alkanes) is 2. The van der Waals surface area contributed by atoms with Gasteiger partial charge < -0.3 is 21.1 Å². The van der Waals surface area contributed by atoms with E-state index in [1.807, 2.05) is 12.1 Å². The van der Waals surface area contributed by atoms with Crippen molar-refractivity contribution < 1.29 is 14.7 Å². The second-order valence-electron chi connectivity index (χ2n) is 4.53. The van der Waals surface area contributed by atoms with Crippen LogP contribution in [0.1, 0.15) is 24.8 Å². The molecule has 1 aromatic carbocycles. The monoisotopic (exact) mass is 313 g/mol. The fourth-order valence-corrected chi connectivity index (χ4v) is 1.80. The van der Waals surface area contributed by atoms with Gasteiger partial charge in [-0.05, 0) is 37.0 Å². The molecule has 116 valence electrons. The van der Waals surface area contributed by atoms with Gasteiger partial charge in [-0.15, -0.1) is 0 Å². The minimum Gasteiger partial charge on any atom is -0.465 e. The van der Waals surface area contributed by atoms with E-state index in [9.17, 15) is 9.59 Å². The van der Waals surface area contributed by atoms with Crippen molar-refractivity contribution in [1.82, 2.24) is 16.0 Å². The minimum atomic E-state index is -1.00. The molecule has 0 unspecified atom stereocenters. The number of hydrogen-bond acceptors (Lipinski definition) is 2. The molecule has 0 spiro atoms. The molecule has 0 saturated carbocycles. The number of benzene rings is 1. The molecule has 1 rings (SSSR count). The zero-order valence-corrected chi connectivity index (χ0v) is 12.4. The maximum absolute atomic E-state index is 11.5. The highest BCUT2D eigenvalue weighted by molar-refractivity contribution is 6.30. The quantitative estimate of drug-likeness (QED) is 0.556. The summed E-state index contributed by atoms with van der Waals surface area (Å²) in [5, 5.41) is 16.8. The van der Waals surface area contributed by atoms with Crippen LogP contribution in [0, 0.1) is 0 Å². The average Bonchev–Trinajstić information content (AvgIpc) is 2.45. The van der Waals surface area contributed by atoms with Crippen molar-refractivity contribution in [1.29, 1.82) is 0 Å². The number of amides is 3. The molecule has 0 atom stereocenters. The topological polar surface area (TPSA) is 90.5 Å². The highest BCUT2D eigenvalue weighted by atomic mass is 35.5. The van der Waals surface area contributed by atoms with Gasteiger partial charge in [0.05, 0.1) is 0 Å². The van der Waals surface area contributed by atoms with Gasteiger partial charge in [-0.2, -0.15) is 0 Å². The van der Waals surface area contributed by atoms with Crippen LogP contribution in [0.3, 0.4) is 0 Å². The first-order valence-corrected chi connectivity index (χ1v) is 7.18. The molecular formula is C14H20ClN3O3. The SMILES string of the molecule is O=C(O)NCCCCCNC(=O)NCc1ccc(Cl)cc1. The molecule has 0 aromatic heterocycles. The Hall–Kier alpha value is -1.95. The van der Waals surface area contributed by atoms with E-state index in [0.29, 0.717) is 24.7 Å². The Labute approximate surface area is 128 Å². The third-order valence-corrected chi connectivity index (χ3v) is 3.03.